The largest absolute Gasteiger partial charge is 0.381 e. The van der Waals surface area contributed by atoms with E-state index in [-0.39, 0.29) is 0 Å². The monoisotopic (exact) mass is 443 g/mol. The molecule has 182 valence electrons. The Labute approximate surface area is 195 Å². The fourth-order valence-electron chi connectivity index (χ4n) is 3.94. The molecule has 0 heterocycles. The van der Waals surface area contributed by atoms with Crippen molar-refractivity contribution in [1.82, 2.24) is 4.31 Å². The van der Waals surface area contributed by atoms with Gasteiger partial charge >= 0.3 is 0 Å². The first-order chi connectivity index (χ1) is 14.8. The molecule has 0 atom stereocenters. The highest BCUT2D eigenvalue weighted by Crippen LogP contribution is 2.15. The van der Waals surface area contributed by atoms with Crippen molar-refractivity contribution in [1.29, 1.82) is 0 Å². The SMILES string of the molecule is CCCCCCCCCCOCCCCCCCCCCCCCSN(CC)CC. The minimum absolute atomic E-state index is 0.989. The molecular weight excluding hydrogens is 386 g/mol. The van der Waals surface area contributed by atoms with E-state index in [2.05, 4.69) is 25.1 Å². The Morgan fingerprint density at radius 1 is 0.467 bits per heavy atom. The average molecular weight is 444 g/mol. The normalized spacial score (nSPS) is 11.6. The summed E-state index contributed by atoms with van der Waals surface area (Å²) in [5.74, 6) is 1.31. The highest BCUT2D eigenvalue weighted by Gasteiger charge is 1.99. The van der Waals surface area contributed by atoms with Crippen LogP contribution in [0, 0.1) is 0 Å². The second-order valence-electron chi connectivity index (χ2n) is 8.92. The minimum Gasteiger partial charge on any atom is -0.381 e. The molecule has 0 radical (unpaired) electrons. The number of nitrogens with zero attached hydrogens (tertiary/aromatic N) is 1. The number of rotatable bonds is 26. The Balaban J connectivity index is 3.03. The minimum atomic E-state index is 0.989. The van der Waals surface area contributed by atoms with Crippen LogP contribution in [0.5, 0.6) is 0 Å². The van der Waals surface area contributed by atoms with Crippen molar-refractivity contribution in [2.24, 2.45) is 0 Å². The second kappa shape index (κ2) is 27.3. The van der Waals surface area contributed by atoms with Crippen LogP contribution in [0.4, 0.5) is 0 Å². The van der Waals surface area contributed by atoms with Gasteiger partial charge < -0.3 is 4.74 Å². The van der Waals surface area contributed by atoms with Crippen molar-refractivity contribution in [3.8, 4) is 0 Å². The molecule has 3 heteroatoms. The molecule has 0 saturated carbocycles. The summed E-state index contributed by atoms with van der Waals surface area (Å²) in [4.78, 5) is 0. The quantitative estimate of drug-likeness (QED) is 0.0975. The predicted octanol–water partition coefficient (Wildman–Crippen LogP) is 9.42. The fourth-order valence-corrected chi connectivity index (χ4v) is 4.89. The lowest BCUT2D eigenvalue weighted by Crippen LogP contribution is -2.14. The first-order valence-electron chi connectivity index (χ1n) is 13.8. The van der Waals surface area contributed by atoms with Gasteiger partial charge in [-0.2, -0.15) is 0 Å². The Hall–Kier alpha value is 0.270. The third-order valence-corrected chi connectivity index (χ3v) is 7.41. The van der Waals surface area contributed by atoms with E-state index in [1.54, 1.807) is 0 Å². The van der Waals surface area contributed by atoms with Crippen molar-refractivity contribution < 1.29 is 4.74 Å². The van der Waals surface area contributed by atoms with Gasteiger partial charge in [-0.25, -0.2) is 0 Å². The van der Waals surface area contributed by atoms with Gasteiger partial charge in [0.2, 0.25) is 0 Å². The van der Waals surface area contributed by atoms with Crippen LogP contribution in [-0.4, -0.2) is 36.4 Å². The molecule has 0 aliphatic heterocycles. The van der Waals surface area contributed by atoms with E-state index in [4.69, 9.17) is 4.74 Å². The zero-order valence-electron chi connectivity index (χ0n) is 21.2. The van der Waals surface area contributed by atoms with Crippen molar-refractivity contribution in [2.45, 2.75) is 143 Å². The maximum absolute atomic E-state index is 5.80. The van der Waals surface area contributed by atoms with Crippen LogP contribution >= 0.6 is 11.9 Å². The molecule has 0 fully saturated rings. The average Bonchev–Trinajstić information content (AvgIpc) is 2.77. The molecule has 2 nitrogen and oxygen atoms in total. The van der Waals surface area contributed by atoms with E-state index in [1.165, 1.54) is 141 Å². The fraction of sp³-hybridized carbons (Fsp3) is 1.00. The summed E-state index contributed by atoms with van der Waals surface area (Å²) in [6.45, 7) is 11.1. The molecule has 0 N–H and O–H groups in total. The van der Waals surface area contributed by atoms with Gasteiger partial charge in [0.25, 0.3) is 0 Å². The van der Waals surface area contributed by atoms with Crippen LogP contribution < -0.4 is 0 Å². The van der Waals surface area contributed by atoms with E-state index in [0.29, 0.717) is 0 Å². The van der Waals surface area contributed by atoms with E-state index in [9.17, 15) is 0 Å². The summed E-state index contributed by atoms with van der Waals surface area (Å²) in [6.07, 6.45) is 26.6. The summed E-state index contributed by atoms with van der Waals surface area (Å²) < 4.78 is 8.26. The van der Waals surface area contributed by atoms with Gasteiger partial charge in [0.1, 0.15) is 0 Å². The van der Waals surface area contributed by atoms with Crippen LogP contribution in [0.2, 0.25) is 0 Å². The standard InChI is InChI=1S/C27H57NOS/c1-4-7-8-9-10-16-19-22-25-29-26-23-20-17-14-12-11-13-15-18-21-24-27-30-28(5-2)6-3/h4-27H2,1-3H3. The predicted molar refractivity (Wildman–Crippen MR) is 140 cm³/mol. The lowest BCUT2D eigenvalue weighted by Gasteiger charge is -2.16. The zero-order chi connectivity index (χ0) is 22.0. The molecule has 0 amide bonds. The molecule has 0 aromatic heterocycles. The first kappa shape index (κ1) is 30.3. The summed E-state index contributed by atoms with van der Waals surface area (Å²) >= 11 is 2.04. The lowest BCUT2D eigenvalue weighted by atomic mass is 10.1. The summed E-state index contributed by atoms with van der Waals surface area (Å²) in [7, 11) is 0. The highest BCUT2D eigenvalue weighted by molar-refractivity contribution is 7.97. The summed E-state index contributed by atoms with van der Waals surface area (Å²) in [5.41, 5.74) is 0. The number of hydrogen-bond donors (Lipinski definition) is 0. The van der Waals surface area contributed by atoms with E-state index in [0.717, 1.165) is 13.2 Å². The molecule has 30 heavy (non-hydrogen) atoms. The Morgan fingerprint density at radius 3 is 1.23 bits per heavy atom. The molecule has 0 aliphatic rings. The second-order valence-corrected chi connectivity index (χ2v) is 10.1. The molecule has 0 unspecified atom stereocenters. The summed E-state index contributed by atoms with van der Waals surface area (Å²) in [5, 5.41) is 0. The van der Waals surface area contributed by atoms with Gasteiger partial charge in [0.05, 0.1) is 0 Å². The Bertz CT molecular complexity index is 297. The van der Waals surface area contributed by atoms with Crippen LogP contribution in [0.1, 0.15) is 143 Å². The molecule has 0 saturated heterocycles. The molecule has 0 aromatic rings. The van der Waals surface area contributed by atoms with Crippen molar-refractivity contribution in [2.75, 3.05) is 32.1 Å². The Morgan fingerprint density at radius 2 is 0.833 bits per heavy atom. The molecule has 0 aromatic carbocycles. The molecule has 0 aliphatic carbocycles. The first-order valence-corrected chi connectivity index (χ1v) is 14.7. The number of ether oxygens (including phenoxy) is 1. The maximum atomic E-state index is 5.80. The van der Waals surface area contributed by atoms with Crippen molar-refractivity contribution in [3.05, 3.63) is 0 Å². The molecular formula is C27H57NOS. The van der Waals surface area contributed by atoms with Gasteiger partial charge in [-0.3, -0.25) is 4.31 Å². The van der Waals surface area contributed by atoms with Gasteiger partial charge in [-0.15, -0.1) is 0 Å². The van der Waals surface area contributed by atoms with Crippen LogP contribution in [0.15, 0.2) is 0 Å². The van der Waals surface area contributed by atoms with Gasteiger partial charge in [0.15, 0.2) is 0 Å². The molecule has 0 bridgehead atoms. The van der Waals surface area contributed by atoms with Gasteiger partial charge in [-0.05, 0) is 19.3 Å². The Kier molecular flexibility index (Phi) is 27.5. The maximum Gasteiger partial charge on any atom is 0.0466 e. The van der Waals surface area contributed by atoms with Crippen LogP contribution in [-0.2, 0) is 4.74 Å². The van der Waals surface area contributed by atoms with E-state index >= 15 is 0 Å². The number of unbranched alkanes of at least 4 members (excludes halogenated alkanes) is 17. The molecule has 0 spiro atoms. The van der Waals surface area contributed by atoms with Crippen LogP contribution in [0.3, 0.4) is 0 Å². The topological polar surface area (TPSA) is 12.5 Å². The number of hydrogen-bond acceptors (Lipinski definition) is 3. The smallest absolute Gasteiger partial charge is 0.0466 e. The van der Waals surface area contributed by atoms with Crippen LogP contribution in [0.25, 0.3) is 0 Å². The van der Waals surface area contributed by atoms with Crippen molar-refractivity contribution >= 4 is 11.9 Å². The van der Waals surface area contributed by atoms with Crippen molar-refractivity contribution in [3.63, 3.8) is 0 Å². The highest BCUT2D eigenvalue weighted by atomic mass is 32.2. The lowest BCUT2D eigenvalue weighted by molar-refractivity contribution is 0.125. The third-order valence-electron chi connectivity index (χ3n) is 6.05. The molecule has 0 rings (SSSR count). The van der Waals surface area contributed by atoms with Gasteiger partial charge in [-0.1, -0.05) is 135 Å². The third kappa shape index (κ3) is 24.5. The van der Waals surface area contributed by atoms with E-state index in [1.807, 2.05) is 11.9 Å². The summed E-state index contributed by atoms with van der Waals surface area (Å²) in [6, 6.07) is 0. The van der Waals surface area contributed by atoms with E-state index < -0.39 is 0 Å². The van der Waals surface area contributed by atoms with Gasteiger partial charge in [0, 0.05) is 32.1 Å². The zero-order valence-corrected chi connectivity index (χ0v) is 22.1.